The van der Waals surface area contributed by atoms with Crippen LogP contribution in [0.2, 0.25) is 0 Å². The Bertz CT molecular complexity index is 619. The van der Waals surface area contributed by atoms with Gasteiger partial charge in [0.05, 0.1) is 13.2 Å². The van der Waals surface area contributed by atoms with Crippen LogP contribution in [0.1, 0.15) is 17.2 Å². The predicted molar refractivity (Wildman–Crippen MR) is 78.0 cm³/mol. The molecule has 2 aromatic carbocycles. The van der Waals surface area contributed by atoms with Crippen molar-refractivity contribution in [1.29, 1.82) is 0 Å². The molecule has 20 heavy (non-hydrogen) atoms. The van der Waals surface area contributed by atoms with Gasteiger partial charge in [0.1, 0.15) is 5.82 Å². The SMILES string of the molecule is CNC(c1ccc(Br)cc1F)c1cccc(OC)c1F. The fraction of sp³-hybridized carbons (Fsp3) is 0.200. The molecule has 1 unspecified atom stereocenters. The zero-order valence-corrected chi connectivity index (χ0v) is 12.7. The molecule has 0 heterocycles. The molecule has 0 bridgehead atoms. The Morgan fingerprint density at radius 3 is 2.50 bits per heavy atom. The third-order valence-corrected chi connectivity index (χ3v) is 3.58. The van der Waals surface area contributed by atoms with Crippen molar-refractivity contribution in [3.05, 3.63) is 63.6 Å². The van der Waals surface area contributed by atoms with Crippen LogP contribution < -0.4 is 10.1 Å². The standard InChI is InChI=1S/C15H14BrF2NO/c1-19-15(10-7-6-9(16)8-12(10)17)11-4-3-5-13(20-2)14(11)18/h3-8,15,19H,1-2H3. The fourth-order valence-corrected chi connectivity index (χ4v) is 2.46. The lowest BCUT2D eigenvalue weighted by Gasteiger charge is -2.19. The lowest BCUT2D eigenvalue weighted by molar-refractivity contribution is 0.382. The van der Waals surface area contributed by atoms with Crippen LogP contribution in [-0.2, 0) is 0 Å². The van der Waals surface area contributed by atoms with Gasteiger partial charge in [0.2, 0.25) is 0 Å². The van der Waals surface area contributed by atoms with E-state index < -0.39 is 17.7 Å². The third-order valence-electron chi connectivity index (χ3n) is 3.09. The fourth-order valence-electron chi connectivity index (χ4n) is 2.12. The van der Waals surface area contributed by atoms with E-state index in [9.17, 15) is 8.78 Å². The molecule has 0 aliphatic rings. The Morgan fingerprint density at radius 1 is 1.15 bits per heavy atom. The van der Waals surface area contributed by atoms with E-state index in [1.54, 1.807) is 31.3 Å². The average Bonchev–Trinajstić information content (AvgIpc) is 2.43. The van der Waals surface area contributed by atoms with E-state index in [4.69, 9.17) is 4.74 Å². The summed E-state index contributed by atoms with van der Waals surface area (Å²) in [6.45, 7) is 0. The monoisotopic (exact) mass is 341 g/mol. The number of benzene rings is 2. The normalized spacial score (nSPS) is 12.2. The second kappa shape index (κ2) is 6.33. The molecule has 1 atom stereocenters. The first-order valence-corrected chi connectivity index (χ1v) is 6.82. The van der Waals surface area contributed by atoms with Gasteiger partial charge in [0, 0.05) is 15.6 Å². The summed E-state index contributed by atoms with van der Waals surface area (Å²) in [6.07, 6.45) is 0. The topological polar surface area (TPSA) is 21.3 Å². The van der Waals surface area contributed by atoms with Crippen LogP contribution >= 0.6 is 15.9 Å². The van der Waals surface area contributed by atoms with Gasteiger partial charge < -0.3 is 10.1 Å². The highest BCUT2D eigenvalue weighted by Gasteiger charge is 2.21. The number of nitrogens with one attached hydrogen (secondary N) is 1. The maximum atomic E-state index is 14.3. The minimum Gasteiger partial charge on any atom is -0.494 e. The van der Waals surface area contributed by atoms with Gasteiger partial charge >= 0.3 is 0 Å². The third kappa shape index (κ3) is 2.83. The molecule has 0 amide bonds. The number of hydrogen-bond donors (Lipinski definition) is 1. The van der Waals surface area contributed by atoms with E-state index in [1.807, 2.05) is 0 Å². The van der Waals surface area contributed by atoms with Gasteiger partial charge in [-0.15, -0.1) is 0 Å². The molecular weight excluding hydrogens is 328 g/mol. The van der Waals surface area contributed by atoms with Crippen LogP contribution in [0, 0.1) is 11.6 Å². The number of hydrogen-bond acceptors (Lipinski definition) is 2. The van der Waals surface area contributed by atoms with E-state index >= 15 is 0 Å². The number of ether oxygens (including phenoxy) is 1. The molecule has 2 nitrogen and oxygen atoms in total. The second-order valence-electron chi connectivity index (χ2n) is 4.25. The zero-order valence-electron chi connectivity index (χ0n) is 11.1. The maximum absolute atomic E-state index is 14.3. The summed E-state index contributed by atoms with van der Waals surface area (Å²) < 4.78 is 34.0. The number of rotatable bonds is 4. The minimum absolute atomic E-state index is 0.139. The molecule has 2 aromatic rings. The van der Waals surface area contributed by atoms with Gasteiger partial charge in [-0.3, -0.25) is 0 Å². The Balaban J connectivity index is 2.52. The highest BCUT2D eigenvalue weighted by molar-refractivity contribution is 9.10. The van der Waals surface area contributed by atoms with Crippen molar-refractivity contribution in [3.63, 3.8) is 0 Å². The number of halogens is 3. The van der Waals surface area contributed by atoms with Crippen molar-refractivity contribution in [3.8, 4) is 5.75 Å². The van der Waals surface area contributed by atoms with E-state index in [1.165, 1.54) is 19.2 Å². The lowest BCUT2D eigenvalue weighted by Crippen LogP contribution is -2.20. The first-order chi connectivity index (χ1) is 9.58. The summed E-state index contributed by atoms with van der Waals surface area (Å²) >= 11 is 3.21. The first kappa shape index (κ1) is 14.9. The highest BCUT2D eigenvalue weighted by atomic mass is 79.9. The van der Waals surface area contributed by atoms with Crippen molar-refractivity contribution < 1.29 is 13.5 Å². The Kier molecular flexibility index (Phi) is 4.73. The minimum atomic E-state index is -0.585. The Labute approximate surface area is 124 Å². The summed E-state index contributed by atoms with van der Waals surface area (Å²) in [6, 6.07) is 8.94. The van der Waals surface area contributed by atoms with Gasteiger partial charge in [-0.05, 0) is 25.2 Å². The number of methoxy groups -OCH3 is 1. The molecule has 0 saturated heterocycles. The maximum Gasteiger partial charge on any atom is 0.170 e. The molecular formula is C15H14BrF2NO. The van der Waals surface area contributed by atoms with E-state index in [0.29, 0.717) is 15.6 Å². The van der Waals surface area contributed by atoms with Crippen molar-refractivity contribution in [2.75, 3.05) is 14.2 Å². The molecule has 0 aromatic heterocycles. The Morgan fingerprint density at radius 2 is 1.90 bits per heavy atom. The van der Waals surface area contributed by atoms with E-state index in [-0.39, 0.29) is 5.75 Å². The van der Waals surface area contributed by atoms with E-state index in [0.717, 1.165) is 0 Å². The van der Waals surface area contributed by atoms with Crippen LogP contribution in [0.25, 0.3) is 0 Å². The van der Waals surface area contributed by atoms with E-state index in [2.05, 4.69) is 21.2 Å². The van der Waals surface area contributed by atoms with Crippen LogP contribution in [0.4, 0.5) is 8.78 Å². The van der Waals surface area contributed by atoms with Gasteiger partial charge in [-0.1, -0.05) is 34.1 Å². The lowest BCUT2D eigenvalue weighted by atomic mass is 9.97. The van der Waals surface area contributed by atoms with Gasteiger partial charge in [-0.2, -0.15) is 0 Å². The predicted octanol–water partition coefficient (Wildman–Crippen LogP) is 4.04. The molecule has 106 valence electrons. The molecule has 0 spiro atoms. The van der Waals surface area contributed by atoms with Crippen LogP contribution in [0.5, 0.6) is 5.75 Å². The molecule has 0 fully saturated rings. The molecule has 1 N–H and O–H groups in total. The molecule has 0 aliphatic carbocycles. The van der Waals surface area contributed by atoms with Crippen molar-refractivity contribution in [2.24, 2.45) is 0 Å². The van der Waals surface area contributed by atoms with Crippen molar-refractivity contribution in [1.82, 2.24) is 5.32 Å². The molecule has 0 radical (unpaired) electrons. The smallest absolute Gasteiger partial charge is 0.170 e. The quantitative estimate of drug-likeness (QED) is 0.905. The van der Waals surface area contributed by atoms with Crippen LogP contribution in [-0.4, -0.2) is 14.2 Å². The van der Waals surface area contributed by atoms with Crippen LogP contribution in [0.15, 0.2) is 40.9 Å². The van der Waals surface area contributed by atoms with Crippen molar-refractivity contribution >= 4 is 15.9 Å². The largest absolute Gasteiger partial charge is 0.494 e. The summed E-state index contributed by atoms with van der Waals surface area (Å²) in [5.74, 6) is -0.752. The first-order valence-electron chi connectivity index (χ1n) is 6.03. The van der Waals surface area contributed by atoms with Crippen molar-refractivity contribution in [2.45, 2.75) is 6.04 Å². The van der Waals surface area contributed by atoms with Gasteiger partial charge in [0.15, 0.2) is 11.6 Å². The highest BCUT2D eigenvalue weighted by Crippen LogP contribution is 2.31. The van der Waals surface area contributed by atoms with Gasteiger partial charge in [0.25, 0.3) is 0 Å². The average molecular weight is 342 g/mol. The molecule has 0 aliphatic heterocycles. The van der Waals surface area contributed by atoms with Gasteiger partial charge in [-0.25, -0.2) is 8.78 Å². The summed E-state index contributed by atoms with van der Waals surface area (Å²) in [7, 11) is 3.06. The van der Waals surface area contributed by atoms with Crippen LogP contribution in [0.3, 0.4) is 0 Å². The summed E-state index contributed by atoms with van der Waals surface area (Å²) in [5.41, 5.74) is 0.718. The zero-order chi connectivity index (χ0) is 14.7. The second-order valence-corrected chi connectivity index (χ2v) is 5.17. The summed E-state index contributed by atoms with van der Waals surface area (Å²) in [5, 5.41) is 2.94. The summed E-state index contributed by atoms with van der Waals surface area (Å²) in [4.78, 5) is 0. The molecule has 2 rings (SSSR count). The molecule has 5 heteroatoms. The Hall–Kier alpha value is -1.46. The molecule has 0 saturated carbocycles.